The van der Waals surface area contributed by atoms with Crippen molar-refractivity contribution in [2.45, 2.75) is 5.88 Å². The molecule has 92 valence electrons. The van der Waals surface area contributed by atoms with Crippen LogP contribution in [0.4, 0.5) is 5.82 Å². The van der Waals surface area contributed by atoms with Gasteiger partial charge < -0.3 is 5.32 Å². The van der Waals surface area contributed by atoms with Gasteiger partial charge >= 0.3 is 0 Å². The largest absolute Gasteiger partial charge is 0.305 e. The van der Waals surface area contributed by atoms with Crippen molar-refractivity contribution in [3.8, 4) is 0 Å². The summed E-state index contributed by atoms with van der Waals surface area (Å²) in [5.74, 6) is 0.517. The van der Waals surface area contributed by atoms with Crippen LogP contribution >= 0.6 is 23.2 Å². The van der Waals surface area contributed by atoms with Crippen LogP contribution < -0.4 is 5.32 Å². The molecular formula is C12H9Cl2N3O. The van der Waals surface area contributed by atoms with Gasteiger partial charge in [-0.05, 0) is 29.8 Å². The monoisotopic (exact) mass is 281 g/mol. The van der Waals surface area contributed by atoms with Gasteiger partial charge in [-0.15, -0.1) is 21.8 Å². The molecule has 6 heteroatoms. The van der Waals surface area contributed by atoms with Crippen LogP contribution in [0.1, 0.15) is 15.9 Å². The number of rotatable bonds is 3. The molecule has 0 saturated heterocycles. The van der Waals surface area contributed by atoms with Crippen LogP contribution in [-0.4, -0.2) is 16.1 Å². The minimum absolute atomic E-state index is 0.257. The molecule has 1 aromatic carbocycles. The highest BCUT2D eigenvalue weighted by Gasteiger charge is 2.06. The van der Waals surface area contributed by atoms with Gasteiger partial charge in [0.1, 0.15) is 0 Å². The summed E-state index contributed by atoms with van der Waals surface area (Å²) in [5, 5.41) is 10.3. The molecule has 1 aromatic heterocycles. The number of anilines is 1. The zero-order valence-corrected chi connectivity index (χ0v) is 10.7. The standard InChI is InChI=1S/C12H9Cl2N3O/c13-7-8-1-3-9(4-2-8)12(18)15-11-6-5-10(14)16-17-11/h1-6H,7H2,(H,15,17,18). The number of nitrogens with one attached hydrogen (secondary N) is 1. The fourth-order valence-electron chi connectivity index (χ4n) is 1.32. The van der Waals surface area contributed by atoms with E-state index in [1.54, 1.807) is 36.4 Å². The third-order valence-electron chi connectivity index (χ3n) is 2.24. The fourth-order valence-corrected chi connectivity index (χ4v) is 1.60. The Labute approximate surface area is 114 Å². The summed E-state index contributed by atoms with van der Waals surface area (Å²) in [6.07, 6.45) is 0. The molecule has 0 saturated carbocycles. The van der Waals surface area contributed by atoms with Gasteiger partial charge in [0, 0.05) is 11.4 Å². The Hall–Kier alpha value is -1.65. The van der Waals surface area contributed by atoms with E-state index in [0.717, 1.165) is 5.56 Å². The quantitative estimate of drug-likeness (QED) is 0.880. The molecule has 1 amide bonds. The minimum Gasteiger partial charge on any atom is -0.305 e. The second-order valence-corrected chi connectivity index (χ2v) is 4.18. The summed E-state index contributed by atoms with van der Waals surface area (Å²) in [7, 11) is 0. The second-order valence-electron chi connectivity index (χ2n) is 3.53. The zero-order chi connectivity index (χ0) is 13.0. The predicted molar refractivity (Wildman–Crippen MR) is 71.0 cm³/mol. The molecular weight excluding hydrogens is 273 g/mol. The van der Waals surface area contributed by atoms with E-state index in [0.29, 0.717) is 17.3 Å². The van der Waals surface area contributed by atoms with Crippen LogP contribution in [0.3, 0.4) is 0 Å². The number of hydrogen-bond donors (Lipinski definition) is 1. The van der Waals surface area contributed by atoms with Crippen molar-refractivity contribution in [3.05, 3.63) is 52.7 Å². The molecule has 0 spiro atoms. The molecule has 0 fully saturated rings. The van der Waals surface area contributed by atoms with Gasteiger partial charge in [-0.25, -0.2) is 0 Å². The second kappa shape index (κ2) is 5.80. The van der Waals surface area contributed by atoms with Crippen LogP contribution in [0.2, 0.25) is 5.15 Å². The average molecular weight is 282 g/mol. The Bertz CT molecular complexity index is 540. The third-order valence-corrected chi connectivity index (χ3v) is 2.75. The van der Waals surface area contributed by atoms with Gasteiger partial charge in [0.05, 0.1) is 0 Å². The maximum atomic E-state index is 11.9. The summed E-state index contributed by atoms with van der Waals surface area (Å²) < 4.78 is 0. The summed E-state index contributed by atoms with van der Waals surface area (Å²) in [6, 6.07) is 10.2. The molecule has 4 nitrogen and oxygen atoms in total. The smallest absolute Gasteiger partial charge is 0.256 e. The van der Waals surface area contributed by atoms with E-state index in [4.69, 9.17) is 23.2 Å². The van der Waals surface area contributed by atoms with Crippen molar-refractivity contribution in [2.24, 2.45) is 0 Å². The maximum Gasteiger partial charge on any atom is 0.256 e. The number of benzene rings is 1. The van der Waals surface area contributed by atoms with E-state index in [-0.39, 0.29) is 11.1 Å². The third kappa shape index (κ3) is 3.18. The molecule has 0 atom stereocenters. The molecule has 0 radical (unpaired) electrons. The molecule has 2 aromatic rings. The highest BCUT2D eigenvalue weighted by Crippen LogP contribution is 2.10. The maximum absolute atomic E-state index is 11.9. The first-order chi connectivity index (χ1) is 8.69. The summed E-state index contributed by atoms with van der Waals surface area (Å²) in [6.45, 7) is 0. The van der Waals surface area contributed by atoms with Crippen molar-refractivity contribution in [1.82, 2.24) is 10.2 Å². The van der Waals surface area contributed by atoms with Crippen molar-refractivity contribution in [1.29, 1.82) is 0 Å². The van der Waals surface area contributed by atoms with Crippen LogP contribution in [0, 0.1) is 0 Å². The lowest BCUT2D eigenvalue weighted by molar-refractivity contribution is 0.102. The zero-order valence-electron chi connectivity index (χ0n) is 9.23. The van der Waals surface area contributed by atoms with E-state index in [9.17, 15) is 4.79 Å². The van der Waals surface area contributed by atoms with Gasteiger partial charge in [0.25, 0.3) is 5.91 Å². The number of aromatic nitrogens is 2. The molecule has 1 heterocycles. The Balaban J connectivity index is 2.09. The molecule has 0 aliphatic carbocycles. The molecule has 0 aliphatic heterocycles. The van der Waals surface area contributed by atoms with Gasteiger partial charge in [-0.1, -0.05) is 23.7 Å². The highest BCUT2D eigenvalue weighted by atomic mass is 35.5. The fraction of sp³-hybridized carbons (Fsp3) is 0.0833. The number of nitrogens with zero attached hydrogens (tertiary/aromatic N) is 2. The lowest BCUT2D eigenvalue weighted by Crippen LogP contribution is -2.13. The number of halogens is 2. The van der Waals surface area contributed by atoms with E-state index >= 15 is 0 Å². The number of hydrogen-bond acceptors (Lipinski definition) is 3. The van der Waals surface area contributed by atoms with Crippen LogP contribution in [0.15, 0.2) is 36.4 Å². The van der Waals surface area contributed by atoms with Crippen LogP contribution in [0.25, 0.3) is 0 Å². The Kier molecular flexibility index (Phi) is 4.12. The molecule has 2 rings (SSSR count). The van der Waals surface area contributed by atoms with Gasteiger partial charge in [-0.3, -0.25) is 4.79 Å². The Morgan fingerprint density at radius 3 is 2.39 bits per heavy atom. The van der Waals surface area contributed by atoms with Crippen molar-refractivity contribution >= 4 is 34.9 Å². The predicted octanol–water partition coefficient (Wildman–Crippen LogP) is 3.12. The molecule has 18 heavy (non-hydrogen) atoms. The van der Waals surface area contributed by atoms with Crippen LogP contribution in [0.5, 0.6) is 0 Å². The van der Waals surface area contributed by atoms with Gasteiger partial charge in [0.2, 0.25) is 0 Å². The average Bonchev–Trinajstić information content (AvgIpc) is 2.41. The number of alkyl halides is 1. The minimum atomic E-state index is -0.257. The van der Waals surface area contributed by atoms with E-state index < -0.39 is 0 Å². The van der Waals surface area contributed by atoms with E-state index in [1.165, 1.54) is 0 Å². The number of carbonyl (C=O) groups is 1. The lowest BCUT2D eigenvalue weighted by Gasteiger charge is -2.04. The van der Waals surface area contributed by atoms with E-state index in [1.807, 2.05) is 0 Å². The Morgan fingerprint density at radius 2 is 1.83 bits per heavy atom. The van der Waals surface area contributed by atoms with Crippen LogP contribution in [-0.2, 0) is 5.88 Å². The lowest BCUT2D eigenvalue weighted by atomic mass is 10.1. The molecule has 0 unspecified atom stereocenters. The van der Waals surface area contributed by atoms with Crippen molar-refractivity contribution in [3.63, 3.8) is 0 Å². The number of carbonyl (C=O) groups excluding carboxylic acids is 1. The van der Waals surface area contributed by atoms with Crippen molar-refractivity contribution in [2.75, 3.05) is 5.32 Å². The van der Waals surface area contributed by atoms with E-state index in [2.05, 4.69) is 15.5 Å². The summed E-state index contributed by atoms with van der Waals surface area (Å²) in [5.41, 5.74) is 1.49. The number of amides is 1. The highest BCUT2D eigenvalue weighted by molar-refractivity contribution is 6.29. The Morgan fingerprint density at radius 1 is 1.11 bits per heavy atom. The first-order valence-corrected chi connectivity index (χ1v) is 6.06. The topological polar surface area (TPSA) is 54.9 Å². The molecule has 0 bridgehead atoms. The first-order valence-electron chi connectivity index (χ1n) is 5.14. The normalized spacial score (nSPS) is 10.1. The molecule has 1 N–H and O–H groups in total. The first kappa shape index (κ1) is 12.8. The van der Waals surface area contributed by atoms with Gasteiger partial charge in [0.15, 0.2) is 11.0 Å². The molecule has 0 aliphatic rings. The SMILES string of the molecule is O=C(Nc1ccc(Cl)nn1)c1ccc(CCl)cc1. The summed E-state index contributed by atoms with van der Waals surface area (Å²) >= 11 is 11.3. The van der Waals surface area contributed by atoms with Gasteiger partial charge in [-0.2, -0.15) is 0 Å². The summed E-state index contributed by atoms with van der Waals surface area (Å²) in [4.78, 5) is 11.9. The van der Waals surface area contributed by atoms with Crippen molar-refractivity contribution < 1.29 is 4.79 Å².